The fraction of sp³-hybridized carbons (Fsp3) is 0.211. The van der Waals surface area contributed by atoms with E-state index in [0.29, 0.717) is 22.8 Å². The molecule has 0 aliphatic carbocycles. The maximum absolute atomic E-state index is 10.0. The van der Waals surface area contributed by atoms with Gasteiger partial charge in [0.2, 0.25) is 10.5 Å². The summed E-state index contributed by atoms with van der Waals surface area (Å²) in [5.74, 6) is 1.76. The van der Waals surface area contributed by atoms with Crippen LogP contribution in [-0.2, 0) is 0 Å². The highest BCUT2D eigenvalue weighted by atomic mass is 32.1. The summed E-state index contributed by atoms with van der Waals surface area (Å²) in [6.07, 6.45) is 1.58. The van der Waals surface area contributed by atoms with Crippen molar-refractivity contribution in [3.8, 4) is 34.4 Å². The third-order valence-electron chi connectivity index (χ3n) is 3.88. The quantitative estimate of drug-likeness (QED) is 0.465. The maximum Gasteiger partial charge on any atom is 0.216 e. The first-order valence-corrected chi connectivity index (χ1v) is 8.88. The number of phenols is 1. The molecule has 1 heterocycles. The lowest BCUT2D eigenvalue weighted by atomic mass is 10.2. The highest BCUT2D eigenvalue weighted by molar-refractivity contribution is 7.71. The third kappa shape index (κ3) is 3.99. The van der Waals surface area contributed by atoms with Crippen molar-refractivity contribution in [1.82, 2.24) is 14.9 Å². The van der Waals surface area contributed by atoms with Gasteiger partial charge in [-0.1, -0.05) is 12.1 Å². The molecule has 0 fully saturated rings. The Morgan fingerprint density at radius 2 is 1.93 bits per heavy atom. The molecule has 0 saturated carbocycles. The first-order valence-electron chi connectivity index (χ1n) is 8.47. The zero-order valence-corrected chi connectivity index (χ0v) is 16.5. The van der Waals surface area contributed by atoms with Gasteiger partial charge >= 0.3 is 0 Å². The number of aromatic amines is 1. The van der Waals surface area contributed by atoms with Crippen molar-refractivity contribution in [2.45, 2.75) is 6.92 Å². The van der Waals surface area contributed by atoms with Crippen LogP contribution in [0.3, 0.4) is 0 Å². The number of hydrogen-bond donors (Lipinski definition) is 2. The van der Waals surface area contributed by atoms with Crippen LogP contribution in [0.2, 0.25) is 0 Å². The monoisotopic (exact) mass is 400 g/mol. The molecule has 1 aromatic heterocycles. The lowest BCUT2D eigenvalue weighted by Gasteiger charge is -2.09. The van der Waals surface area contributed by atoms with Gasteiger partial charge in [-0.25, -0.2) is 5.10 Å². The van der Waals surface area contributed by atoms with Crippen LogP contribution in [0.4, 0.5) is 0 Å². The zero-order valence-electron chi connectivity index (χ0n) is 15.7. The Labute approximate surface area is 167 Å². The molecule has 9 heteroatoms. The predicted molar refractivity (Wildman–Crippen MR) is 108 cm³/mol. The first kappa shape index (κ1) is 19.4. The van der Waals surface area contributed by atoms with Gasteiger partial charge in [-0.05, 0) is 43.4 Å². The highest BCUT2D eigenvalue weighted by Crippen LogP contribution is 2.36. The molecule has 0 amide bonds. The summed E-state index contributed by atoms with van der Waals surface area (Å²) in [5.41, 5.74) is 1.46. The van der Waals surface area contributed by atoms with E-state index >= 15 is 0 Å². The molecule has 0 spiro atoms. The second kappa shape index (κ2) is 8.57. The van der Waals surface area contributed by atoms with Crippen LogP contribution in [-0.4, -0.2) is 47.0 Å². The van der Waals surface area contributed by atoms with Gasteiger partial charge in [0.05, 0.1) is 27.0 Å². The molecule has 0 saturated heterocycles. The summed E-state index contributed by atoms with van der Waals surface area (Å²) in [4.78, 5) is 0. The average Bonchev–Trinajstić information content (AvgIpc) is 3.08. The van der Waals surface area contributed by atoms with E-state index in [4.69, 9.17) is 26.4 Å². The fourth-order valence-corrected chi connectivity index (χ4v) is 2.77. The van der Waals surface area contributed by atoms with Crippen LogP contribution in [0, 0.1) is 4.77 Å². The van der Waals surface area contributed by atoms with Crippen molar-refractivity contribution in [1.29, 1.82) is 0 Å². The minimum Gasteiger partial charge on any atom is -0.502 e. The zero-order chi connectivity index (χ0) is 20.1. The number of benzene rings is 2. The van der Waals surface area contributed by atoms with Crippen LogP contribution in [0.25, 0.3) is 11.4 Å². The van der Waals surface area contributed by atoms with E-state index in [1.54, 1.807) is 18.3 Å². The summed E-state index contributed by atoms with van der Waals surface area (Å²) < 4.78 is 17.7. The summed E-state index contributed by atoms with van der Waals surface area (Å²) in [6.45, 7) is 2.49. The Morgan fingerprint density at radius 3 is 2.57 bits per heavy atom. The second-order valence-corrected chi connectivity index (χ2v) is 6.03. The number of hydrogen-bond acceptors (Lipinski definition) is 7. The van der Waals surface area contributed by atoms with Gasteiger partial charge in [0, 0.05) is 11.1 Å². The third-order valence-corrected chi connectivity index (χ3v) is 4.14. The van der Waals surface area contributed by atoms with Crippen molar-refractivity contribution < 1.29 is 19.3 Å². The number of nitrogens with one attached hydrogen (secondary N) is 1. The van der Waals surface area contributed by atoms with Crippen molar-refractivity contribution in [2.75, 3.05) is 20.8 Å². The molecule has 0 radical (unpaired) electrons. The molecule has 3 aromatic rings. The molecule has 3 rings (SSSR count). The SMILES string of the molecule is CCOc1cccc(-c2n[nH]c(=S)n2N=Cc2cc(OC)c(O)c(OC)c2)c1. The molecular weight excluding hydrogens is 380 g/mol. The molecule has 2 N–H and O–H groups in total. The van der Waals surface area contributed by atoms with Crippen LogP contribution >= 0.6 is 12.2 Å². The number of methoxy groups -OCH3 is 2. The fourth-order valence-electron chi connectivity index (χ4n) is 2.59. The van der Waals surface area contributed by atoms with Crippen molar-refractivity contribution >= 4 is 18.4 Å². The number of phenolic OH excluding ortho intramolecular Hbond substituents is 1. The number of H-pyrrole nitrogens is 1. The normalized spacial score (nSPS) is 11.0. The molecular formula is C19H20N4O4S. The summed E-state index contributed by atoms with van der Waals surface area (Å²) in [5, 5.41) is 21.5. The van der Waals surface area contributed by atoms with E-state index in [-0.39, 0.29) is 17.2 Å². The van der Waals surface area contributed by atoms with Gasteiger partial charge < -0.3 is 19.3 Å². The molecule has 0 unspecified atom stereocenters. The van der Waals surface area contributed by atoms with Crippen molar-refractivity contribution in [3.05, 3.63) is 46.7 Å². The summed E-state index contributed by atoms with van der Waals surface area (Å²) >= 11 is 5.30. The van der Waals surface area contributed by atoms with E-state index in [9.17, 15) is 5.11 Å². The molecule has 0 aliphatic heterocycles. The molecule has 2 aromatic carbocycles. The van der Waals surface area contributed by atoms with Crippen LogP contribution in [0.1, 0.15) is 12.5 Å². The van der Waals surface area contributed by atoms with Gasteiger partial charge in [0.25, 0.3) is 0 Å². The van der Waals surface area contributed by atoms with Gasteiger partial charge in [-0.2, -0.15) is 14.9 Å². The van der Waals surface area contributed by atoms with E-state index < -0.39 is 0 Å². The Morgan fingerprint density at radius 1 is 1.21 bits per heavy atom. The number of aromatic hydroxyl groups is 1. The van der Waals surface area contributed by atoms with Gasteiger partial charge in [-0.3, -0.25) is 0 Å². The smallest absolute Gasteiger partial charge is 0.216 e. The van der Waals surface area contributed by atoms with Gasteiger partial charge in [0.1, 0.15) is 5.75 Å². The molecule has 146 valence electrons. The number of aromatic nitrogens is 3. The van der Waals surface area contributed by atoms with Gasteiger partial charge in [-0.15, -0.1) is 0 Å². The number of nitrogens with zero attached hydrogens (tertiary/aromatic N) is 3. The highest BCUT2D eigenvalue weighted by Gasteiger charge is 2.12. The summed E-state index contributed by atoms with van der Waals surface area (Å²) in [6, 6.07) is 10.8. The molecule has 28 heavy (non-hydrogen) atoms. The minimum atomic E-state index is -0.0736. The maximum atomic E-state index is 10.0. The largest absolute Gasteiger partial charge is 0.502 e. The molecule has 8 nitrogen and oxygen atoms in total. The predicted octanol–water partition coefficient (Wildman–Crippen LogP) is 3.61. The van der Waals surface area contributed by atoms with E-state index in [1.807, 2.05) is 31.2 Å². The van der Waals surface area contributed by atoms with E-state index in [1.165, 1.54) is 18.9 Å². The van der Waals surface area contributed by atoms with Gasteiger partial charge in [0.15, 0.2) is 17.3 Å². The molecule has 0 bridgehead atoms. The topological polar surface area (TPSA) is 93.9 Å². The second-order valence-electron chi connectivity index (χ2n) is 5.64. The first-order chi connectivity index (χ1) is 13.6. The Bertz CT molecular complexity index is 1030. The van der Waals surface area contributed by atoms with Crippen LogP contribution in [0.15, 0.2) is 41.5 Å². The minimum absolute atomic E-state index is 0.0736. The number of ether oxygens (including phenoxy) is 3. The average molecular weight is 400 g/mol. The summed E-state index contributed by atoms with van der Waals surface area (Å²) in [7, 11) is 2.93. The lowest BCUT2D eigenvalue weighted by molar-refractivity contribution is 0.340. The Kier molecular flexibility index (Phi) is 5.95. The van der Waals surface area contributed by atoms with E-state index in [2.05, 4.69) is 15.3 Å². The van der Waals surface area contributed by atoms with E-state index in [0.717, 1.165) is 11.3 Å². The van der Waals surface area contributed by atoms with Crippen molar-refractivity contribution in [2.24, 2.45) is 5.10 Å². The lowest BCUT2D eigenvalue weighted by Crippen LogP contribution is -1.97. The number of rotatable bonds is 7. The molecule has 0 atom stereocenters. The molecule has 0 aliphatic rings. The Hall–Kier alpha value is -3.33. The Balaban J connectivity index is 1.99. The van der Waals surface area contributed by atoms with Crippen LogP contribution < -0.4 is 14.2 Å². The standard InChI is InChI=1S/C19H20N4O4S/c1-4-27-14-7-5-6-13(10-14)18-21-22-19(28)23(18)20-11-12-8-15(25-2)17(24)16(9-12)26-3/h5-11,24H,4H2,1-3H3,(H,22,28). The van der Waals surface area contributed by atoms with Crippen LogP contribution in [0.5, 0.6) is 23.0 Å². The van der Waals surface area contributed by atoms with Crippen molar-refractivity contribution in [3.63, 3.8) is 0 Å².